The molecule has 6 heteroatoms. The highest BCUT2D eigenvalue weighted by atomic mass is 19.1. The molecule has 0 unspecified atom stereocenters. The van der Waals surface area contributed by atoms with Crippen LogP contribution in [0.25, 0.3) is 16.8 Å². The first-order chi connectivity index (χ1) is 13.5. The average molecular weight is 374 g/mol. The maximum Gasteiger partial charge on any atom is 0.254 e. The number of rotatable bonds is 4. The quantitative estimate of drug-likeness (QED) is 0.585. The zero-order valence-corrected chi connectivity index (χ0v) is 15.6. The molecular weight excluding hydrogens is 355 g/mol. The zero-order chi connectivity index (χ0) is 19.7. The van der Waals surface area contributed by atoms with Crippen molar-refractivity contribution in [2.75, 3.05) is 0 Å². The van der Waals surface area contributed by atoms with Gasteiger partial charge in [0.25, 0.3) is 5.91 Å². The first-order valence-electron chi connectivity index (χ1n) is 8.97. The zero-order valence-electron chi connectivity index (χ0n) is 15.6. The molecule has 5 nitrogen and oxygen atoms in total. The average Bonchev–Trinajstić information content (AvgIpc) is 3.05. The van der Waals surface area contributed by atoms with Gasteiger partial charge in [-0.15, -0.1) is 0 Å². The van der Waals surface area contributed by atoms with Gasteiger partial charge in [0.2, 0.25) is 0 Å². The molecule has 1 amide bonds. The molecule has 140 valence electrons. The van der Waals surface area contributed by atoms with Crippen LogP contribution in [0.2, 0.25) is 0 Å². The van der Waals surface area contributed by atoms with Crippen molar-refractivity contribution in [3.05, 3.63) is 89.1 Å². The van der Waals surface area contributed by atoms with E-state index in [1.54, 1.807) is 22.8 Å². The summed E-state index contributed by atoms with van der Waals surface area (Å²) in [6.07, 6.45) is 1.58. The highest BCUT2D eigenvalue weighted by Gasteiger charge is 2.18. The van der Waals surface area contributed by atoms with E-state index in [2.05, 4.69) is 15.4 Å². The molecule has 4 rings (SSSR count). The topological polar surface area (TPSA) is 59.3 Å². The minimum absolute atomic E-state index is 0.245. The molecule has 0 bridgehead atoms. The molecule has 2 aromatic heterocycles. The van der Waals surface area contributed by atoms with E-state index in [4.69, 9.17) is 0 Å². The lowest BCUT2D eigenvalue weighted by atomic mass is 10.1. The molecule has 1 N–H and O–H groups in total. The molecule has 28 heavy (non-hydrogen) atoms. The number of halogens is 1. The second kappa shape index (κ2) is 7.23. The Balaban J connectivity index is 1.64. The minimum Gasteiger partial charge on any atom is -0.348 e. The maximum absolute atomic E-state index is 13.0. The van der Waals surface area contributed by atoms with E-state index in [9.17, 15) is 9.18 Å². The van der Waals surface area contributed by atoms with Gasteiger partial charge in [-0.3, -0.25) is 4.79 Å². The van der Waals surface area contributed by atoms with Crippen molar-refractivity contribution in [3.63, 3.8) is 0 Å². The lowest BCUT2D eigenvalue weighted by molar-refractivity contribution is 0.0949. The van der Waals surface area contributed by atoms with Gasteiger partial charge in [-0.25, -0.2) is 13.9 Å². The van der Waals surface area contributed by atoms with Crippen molar-refractivity contribution < 1.29 is 9.18 Å². The van der Waals surface area contributed by atoms with Crippen LogP contribution in [-0.2, 0) is 6.54 Å². The van der Waals surface area contributed by atoms with Crippen molar-refractivity contribution in [2.24, 2.45) is 0 Å². The monoisotopic (exact) mass is 374 g/mol. The van der Waals surface area contributed by atoms with E-state index in [0.29, 0.717) is 17.8 Å². The number of nitrogens with one attached hydrogen (secondary N) is 1. The summed E-state index contributed by atoms with van der Waals surface area (Å²) in [7, 11) is 0. The molecule has 2 aromatic carbocycles. The predicted octanol–water partition coefficient (Wildman–Crippen LogP) is 4.08. The fourth-order valence-electron chi connectivity index (χ4n) is 3.25. The first-order valence-corrected chi connectivity index (χ1v) is 8.97. The summed E-state index contributed by atoms with van der Waals surface area (Å²) in [5.41, 5.74) is 5.56. The standard InChI is InChI=1S/C22H19FN4O/c1-14-20(17-6-4-3-5-7-17)21-24-13-19(15(2)27(21)26-14)22(28)25-12-16-8-10-18(23)11-9-16/h3-11,13H,12H2,1-2H3,(H,25,28). The fraction of sp³-hybridized carbons (Fsp3) is 0.136. The van der Waals surface area contributed by atoms with Crippen molar-refractivity contribution in [2.45, 2.75) is 20.4 Å². The van der Waals surface area contributed by atoms with Crippen LogP contribution in [0.5, 0.6) is 0 Å². The largest absolute Gasteiger partial charge is 0.348 e. The third-order valence-corrected chi connectivity index (χ3v) is 4.73. The molecule has 4 aromatic rings. The number of carbonyl (C=O) groups is 1. The number of aromatic nitrogens is 3. The maximum atomic E-state index is 13.0. The van der Waals surface area contributed by atoms with Crippen LogP contribution in [0.1, 0.15) is 27.3 Å². The Morgan fingerprint density at radius 3 is 2.50 bits per heavy atom. The van der Waals surface area contributed by atoms with Crippen LogP contribution in [0, 0.1) is 19.7 Å². The Morgan fingerprint density at radius 2 is 1.79 bits per heavy atom. The van der Waals surface area contributed by atoms with E-state index in [1.807, 2.05) is 44.2 Å². The van der Waals surface area contributed by atoms with Crippen LogP contribution in [0.15, 0.2) is 60.8 Å². The summed E-state index contributed by atoms with van der Waals surface area (Å²) in [5.74, 6) is -0.547. The van der Waals surface area contributed by atoms with E-state index in [0.717, 1.165) is 28.0 Å². The smallest absolute Gasteiger partial charge is 0.254 e. The molecular formula is C22H19FN4O. The summed E-state index contributed by atoms with van der Waals surface area (Å²) in [5, 5.41) is 7.44. The van der Waals surface area contributed by atoms with Crippen LogP contribution in [0.4, 0.5) is 4.39 Å². The van der Waals surface area contributed by atoms with Crippen LogP contribution < -0.4 is 5.32 Å². The Labute approximate surface area is 161 Å². The second-order valence-electron chi connectivity index (χ2n) is 6.63. The van der Waals surface area contributed by atoms with E-state index < -0.39 is 0 Å². The lowest BCUT2D eigenvalue weighted by Crippen LogP contribution is -2.24. The number of carbonyl (C=O) groups excluding carboxylic acids is 1. The van der Waals surface area contributed by atoms with Gasteiger partial charge < -0.3 is 5.32 Å². The van der Waals surface area contributed by atoms with Gasteiger partial charge in [-0.2, -0.15) is 5.10 Å². The molecule has 0 saturated carbocycles. The number of hydrogen-bond donors (Lipinski definition) is 1. The van der Waals surface area contributed by atoms with E-state index >= 15 is 0 Å². The van der Waals surface area contributed by atoms with Crippen molar-refractivity contribution in [3.8, 4) is 11.1 Å². The molecule has 0 atom stereocenters. The van der Waals surface area contributed by atoms with Crippen LogP contribution in [-0.4, -0.2) is 20.5 Å². The number of fused-ring (bicyclic) bond motifs is 1. The third kappa shape index (κ3) is 3.24. The Hall–Kier alpha value is -3.54. The molecule has 0 saturated heterocycles. The fourth-order valence-corrected chi connectivity index (χ4v) is 3.25. The number of nitrogens with zero attached hydrogens (tertiary/aromatic N) is 3. The van der Waals surface area contributed by atoms with Gasteiger partial charge in [0.15, 0.2) is 5.65 Å². The Bertz CT molecular complexity index is 1150. The van der Waals surface area contributed by atoms with Gasteiger partial charge >= 0.3 is 0 Å². The van der Waals surface area contributed by atoms with Crippen molar-refractivity contribution in [1.82, 2.24) is 19.9 Å². The minimum atomic E-state index is -0.302. The molecule has 0 fully saturated rings. The molecule has 0 aliphatic heterocycles. The summed E-state index contributed by atoms with van der Waals surface area (Å²) in [6, 6.07) is 16.0. The number of benzene rings is 2. The van der Waals surface area contributed by atoms with Crippen molar-refractivity contribution in [1.29, 1.82) is 0 Å². The van der Waals surface area contributed by atoms with Gasteiger partial charge in [-0.1, -0.05) is 42.5 Å². The van der Waals surface area contributed by atoms with Gasteiger partial charge in [-0.05, 0) is 37.1 Å². The molecule has 0 aliphatic carbocycles. The second-order valence-corrected chi connectivity index (χ2v) is 6.63. The SMILES string of the molecule is Cc1nn2c(C)c(C(=O)NCc3ccc(F)cc3)cnc2c1-c1ccccc1. The number of amides is 1. The number of aryl methyl sites for hydroxylation is 2. The van der Waals surface area contributed by atoms with Gasteiger partial charge in [0.1, 0.15) is 5.82 Å². The predicted molar refractivity (Wildman–Crippen MR) is 105 cm³/mol. The Morgan fingerprint density at radius 1 is 1.07 bits per heavy atom. The lowest BCUT2D eigenvalue weighted by Gasteiger charge is -2.09. The summed E-state index contributed by atoms with van der Waals surface area (Å²) < 4.78 is 14.7. The first kappa shape index (κ1) is 17.9. The van der Waals surface area contributed by atoms with E-state index in [-0.39, 0.29) is 11.7 Å². The normalized spacial score (nSPS) is 11.0. The highest BCUT2D eigenvalue weighted by Crippen LogP contribution is 2.27. The van der Waals surface area contributed by atoms with Crippen LogP contribution in [0.3, 0.4) is 0 Å². The molecule has 2 heterocycles. The highest BCUT2D eigenvalue weighted by molar-refractivity contribution is 5.95. The molecule has 0 spiro atoms. The summed E-state index contributed by atoms with van der Waals surface area (Å²) in [4.78, 5) is 17.2. The van der Waals surface area contributed by atoms with Gasteiger partial charge in [0, 0.05) is 18.3 Å². The van der Waals surface area contributed by atoms with Crippen molar-refractivity contribution >= 4 is 11.6 Å². The third-order valence-electron chi connectivity index (χ3n) is 4.73. The summed E-state index contributed by atoms with van der Waals surface area (Å²) in [6.45, 7) is 4.09. The van der Waals surface area contributed by atoms with Gasteiger partial charge in [0.05, 0.1) is 17.0 Å². The molecule has 0 radical (unpaired) electrons. The summed E-state index contributed by atoms with van der Waals surface area (Å²) >= 11 is 0. The molecule has 0 aliphatic rings. The number of hydrogen-bond acceptors (Lipinski definition) is 3. The Kier molecular flexibility index (Phi) is 4.61. The van der Waals surface area contributed by atoms with Crippen LogP contribution >= 0.6 is 0 Å². The van der Waals surface area contributed by atoms with E-state index in [1.165, 1.54) is 12.1 Å².